The third-order valence-corrected chi connectivity index (χ3v) is 3.94. The zero-order chi connectivity index (χ0) is 16.2. The Kier molecular flexibility index (Phi) is 4.47. The third-order valence-electron chi connectivity index (χ3n) is 3.94. The Balaban J connectivity index is 1.79. The molecule has 0 fully saturated rings. The molecule has 1 aliphatic carbocycles. The largest absolute Gasteiger partial charge is 0.489 e. The number of carbonyl (C=O) groups excluding carboxylic acids is 1. The molecule has 2 aromatic rings. The highest BCUT2D eigenvalue weighted by molar-refractivity contribution is 6.10. The van der Waals surface area contributed by atoms with E-state index in [1.165, 1.54) is 0 Å². The summed E-state index contributed by atoms with van der Waals surface area (Å²) in [5, 5.41) is 0. The second-order valence-corrected chi connectivity index (χ2v) is 6.04. The maximum atomic E-state index is 12.6. The number of ketones is 1. The molecule has 3 rings (SSSR count). The van der Waals surface area contributed by atoms with Gasteiger partial charge in [0.2, 0.25) is 0 Å². The number of rotatable bonds is 4. The van der Waals surface area contributed by atoms with Gasteiger partial charge in [0.05, 0.1) is 0 Å². The number of hydrogen-bond acceptors (Lipinski definition) is 3. The molecular weight excluding hydrogens is 286 g/mol. The summed E-state index contributed by atoms with van der Waals surface area (Å²) in [5.41, 5.74) is 3.86. The molecule has 23 heavy (non-hydrogen) atoms. The zero-order valence-electron chi connectivity index (χ0n) is 13.6. The Morgan fingerprint density at radius 2 is 1.87 bits per heavy atom. The minimum absolute atomic E-state index is 0.116. The van der Waals surface area contributed by atoms with E-state index in [4.69, 9.17) is 4.74 Å². The third kappa shape index (κ3) is 3.62. The number of nitrogens with zero attached hydrogens (tertiary/aromatic N) is 1. The van der Waals surface area contributed by atoms with Crippen LogP contribution in [0.2, 0.25) is 0 Å². The quantitative estimate of drug-likeness (QED) is 0.804. The smallest absolute Gasteiger partial charge is 0.190 e. The lowest BCUT2D eigenvalue weighted by Crippen LogP contribution is -2.17. The summed E-state index contributed by atoms with van der Waals surface area (Å²) in [6, 6.07) is 15.9. The Labute approximate surface area is 137 Å². The molecule has 0 atom stereocenters. The summed E-state index contributed by atoms with van der Waals surface area (Å²) in [6.45, 7) is 0.508. The van der Waals surface area contributed by atoms with Crippen molar-refractivity contribution in [1.82, 2.24) is 4.90 Å². The molecular formula is C20H21NO2. The highest BCUT2D eigenvalue weighted by atomic mass is 16.5. The predicted molar refractivity (Wildman–Crippen MR) is 91.6 cm³/mol. The maximum Gasteiger partial charge on any atom is 0.190 e. The SMILES string of the molecule is CN(C)/C=C1/CCc2ccc(OCc3ccccc3)cc2C1=O. The Morgan fingerprint density at radius 3 is 2.61 bits per heavy atom. The summed E-state index contributed by atoms with van der Waals surface area (Å²) in [4.78, 5) is 14.6. The second-order valence-electron chi connectivity index (χ2n) is 6.04. The fourth-order valence-corrected chi connectivity index (χ4v) is 2.81. The Hall–Kier alpha value is -2.55. The van der Waals surface area contributed by atoms with Crippen molar-refractivity contribution in [3.05, 3.63) is 77.0 Å². The molecule has 2 aromatic carbocycles. The van der Waals surface area contributed by atoms with Crippen LogP contribution in [0.25, 0.3) is 0 Å². The average molecular weight is 307 g/mol. The van der Waals surface area contributed by atoms with Crippen molar-refractivity contribution in [2.45, 2.75) is 19.4 Å². The van der Waals surface area contributed by atoms with E-state index < -0.39 is 0 Å². The lowest BCUT2D eigenvalue weighted by molar-refractivity contribution is 0.102. The number of Topliss-reactive ketones (excluding diaryl/α,β-unsaturated/α-hetero) is 1. The van der Waals surface area contributed by atoms with E-state index in [2.05, 4.69) is 0 Å². The first-order valence-corrected chi connectivity index (χ1v) is 7.85. The van der Waals surface area contributed by atoms with Crippen LogP contribution < -0.4 is 4.74 Å². The van der Waals surface area contributed by atoms with E-state index in [1.54, 1.807) is 0 Å². The number of hydrogen-bond donors (Lipinski definition) is 0. The van der Waals surface area contributed by atoms with E-state index in [0.717, 1.165) is 40.9 Å². The van der Waals surface area contributed by atoms with Gasteiger partial charge >= 0.3 is 0 Å². The minimum atomic E-state index is 0.116. The van der Waals surface area contributed by atoms with Crippen molar-refractivity contribution >= 4 is 5.78 Å². The van der Waals surface area contributed by atoms with Gasteiger partial charge in [0.15, 0.2) is 5.78 Å². The predicted octanol–water partition coefficient (Wildman–Crippen LogP) is 3.84. The molecule has 0 N–H and O–H groups in total. The van der Waals surface area contributed by atoms with Crippen LogP contribution in [-0.2, 0) is 13.0 Å². The lowest BCUT2D eigenvalue weighted by Gasteiger charge is -2.20. The minimum Gasteiger partial charge on any atom is -0.489 e. The molecule has 0 saturated carbocycles. The van der Waals surface area contributed by atoms with Gasteiger partial charge in [-0.25, -0.2) is 0 Å². The van der Waals surface area contributed by atoms with E-state index in [0.29, 0.717) is 6.61 Å². The van der Waals surface area contributed by atoms with Crippen molar-refractivity contribution in [2.24, 2.45) is 0 Å². The molecule has 0 aromatic heterocycles. The van der Waals surface area contributed by atoms with Gasteiger partial charge in [-0.1, -0.05) is 36.4 Å². The first-order chi connectivity index (χ1) is 11.1. The second kappa shape index (κ2) is 6.69. The van der Waals surface area contributed by atoms with Gasteiger partial charge < -0.3 is 9.64 Å². The average Bonchev–Trinajstić information content (AvgIpc) is 2.56. The molecule has 0 heterocycles. The summed E-state index contributed by atoms with van der Waals surface area (Å²) in [5.74, 6) is 0.858. The molecule has 118 valence electrons. The van der Waals surface area contributed by atoms with Crippen LogP contribution in [0.15, 0.2) is 60.3 Å². The molecule has 0 bridgehead atoms. The Morgan fingerprint density at radius 1 is 1.09 bits per heavy atom. The van der Waals surface area contributed by atoms with E-state index >= 15 is 0 Å². The summed E-state index contributed by atoms with van der Waals surface area (Å²) in [7, 11) is 3.88. The van der Waals surface area contributed by atoms with Gasteiger partial charge in [0, 0.05) is 31.4 Å². The molecule has 0 amide bonds. The number of ether oxygens (including phenoxy) is 1. The standard InChI is InChI=1S/C20H21NO2/c1-21(2)13-17-9-8-16-10-11-18(12-19(16)20(17)22)23-14-15-6-4-3-5-7-15/h3-7,10-13H,8-9,14H2,1-2H3/b17-13-. The van der Waals surface area contributed by atoms with Gasteiger partial charge in [0.25, 0.3) is 0 Å². The Bertz CT molecular complexity index is 733. The van der Waals surface area contributed by atoms with Crippen LogP contribution in [0, 0.1) is 0 Å². The molecule has 3 heteroatoms. The molecule has 0 spiro atoms. The molecule has 1 aliphatic rings. The highest BCUT2D eigenvalue weighted by Crippen LogP contribution is 2.28. The number of carbonyl (C=O) groups is 1. The summed E-state index contributed by atoms with van der Waals surface area (Å²) in [6.07, 6.45) is 3.62. The van der Waals surface area contributed by atoms with Crippen molar-refractivity contribution in [1.29, 1.82) is 0 Å². The molecule has 0 aliphatic heterocycles. The van der Waals surface area contributed by atoms with Crippen molar-refractivity contribution in [3.63, 3.8) is 0 Å². The fraction of sp³-hybridized carbons (Fsp3) is 0.250. The van der Waals surface area contributed by atoms with Crippen LogP contribution in [0.5, 0.6) is 5.75 Å². The normalized spacial score (nSPS) is 15.4. The number of fused-ring (bicyclic) bond motifs is 1. The molecule has 3 nitrogen and oxygen atoms in total. The van der Waals surface area contributed by atoms with Crippen molar-refractivity contribution in [2.75, 3.05) is 14.1 Å². The van der Waals surface area contributed by atoms with Gasteiger partial charge in [0.1, 0.15) is 12.4 Å². The summed E-state index contributed by atoms with van der Waals surface area (Å²) < 4.78 is 5.84. The molecule has 0 saturated heterocycles. The number of benzene rings is 2. The number of allylic oxidation sites excluding steroid dienone is 1. The first kappa shape index (κ1) is 15.3. The van der Waals surface area contributed by atoms with Crippen molar-refractivity contribution in [3.8, 4) is 5.75 Å². The monoisotopic (exact) mass is 307 g/mol. The lowest BCUT2D eigenvalue weighted by atomic mass is 9.87. The van der Waals surface area contributed by atoms with Crippen LogP contribution in [0.4, 0.5) is 0 Å². The highest BCUT2D eigenvalue weighted by Gasteiger charge is 2.22. The van der Waals surface area contributed by atoms with Crippen molar-refractivity contribution < 1.29 is 9.53 Å². The van der Waals surface area contributed by atoms with Gasteiger partial charge in [-0.15, -0.1) is 0 Å². The molecule has 0 unspecified atom stereocenters. The van der Waals surface area contributed by atoms with Crippen LogP contribution in [-0.4, -0.2) is 24.8 Å². The maximum absolute atomic E-state index is 12.6. The summed E-state index contributed by atoms with van der Waals surface area (Å²) >= 11 is 0. The van der Waals surface area contributed by atoms with Gasteiger partial charge in [-0.3, -0.25) is 4.79 Å². The van der Waals surface area contributed by atoms with E-state index in [-0.39, 0.29) is 5.78 Å². The van der Waals surface area contributed by atoms with E-state index in [1.807, 2.05) is 73.7 Å². The van der Waals surface area contributed by atoms with Crippen LogP contribution in [0.3, 0.4) is 0 Å². The van der Waals surface area contributed by atoms with Gasteiger partial charge in [-0.2, -0.15) is 0 Å². The molecule has 0 radical (unpaired) electrons. The van der Waals surface area contributed by atoms with E-state index in [9.17, 15) is 4.79 Å². The van der Waals surface area contributed by atoms with Gasteiger partial charge in [-0.05, 0) is 36.1 Å². The van der Waals surface area contributed by atoms with Crippen LogP contribution >= 0.6 is 0 Å². The van der Waals surface area contributed by atoms with Crippen LogP contribution in [0.1, 0.15) is 27.9 Å². The topological polar surface area (TPSA) is 29.5 Å². The number of aryl methyl sites for hydroxylation is 1. The zero-order valence-corrected chi connectivity index (χ0v) is 13.6. The first-order valence-electron chi connectivity index (χ1n) is 7.85. The fourth-order valence-electron chi connectivity index (χ4n) is 2.81.